The van der Waals surface area contributed by atoms with Crippen molar-refractivity contribution in [2.24, 2.45) is 10.7 Å². The first kappa shape index (κ1) is 19.4. The number of rotatable bonds is 2. The van der Waals surface area contributed by atoms with Gasteiger partial charge in [0.2, 0.25) is 0 Å². The van der Waals surface area contributed by atoms with Crippen molar-refractivity contribution in [1.82, 2.24) is 15.0 Å². The fourth-order valence-electron chi connectivity index (χ4n) is 4.37. The molecule has 0 fully saturated rings. The van der Waals surface area contributed by atoms with E-state index in [4.69, 9.17) is 15.2 Å². The second-order valence-electron chi connectivity index (χ2n) is 8.08. The first-order valence-electron chi connectivity index (χ1n) is 10.4. The predicted molar refractivity (Wildman–Crippen MR) is 120 cm³/mol. The number of nitrogens with two attached hydrogens (primary N) is 1. The van der Waals surface area contributed by atoms with E-state index < -0.39 is 11.5 Å². The number of halogens is 1. The molecule has 7 nitrogen and oxygen atoms in total. The molecule has 1 spiro atoms. The van der Waals surface area contributed by atoms with Crippen LogP contribution in [0, 0.1) is 12.9 Å². The topological polar surface area (TPSA) is 95.5 Å². The molecule has 33 heavy (non-hydrogen) atoms. The average molecular weight is 439 g/mol. The van der Waals surface area contributed by atoms with Gasteiger partial charge in [-0.15, -0.1) is 0 Å². The molecule has 2 aliphatic heterocycles. The summed E-state index contributed by atoms with van der Waals surface area (Å²) in [6.45, 7) is 2.11. The summed E-state index contributed by atoms with van der Waals surface area (Å²) in [4.78, 5) is 17.2. The van der Waals surface area contributed by atoms with Crippen molar-refractivity contribution in [3.8, 4) is 33.9 Å². The Kier molecular flexibility index (Phi) is 4.16. The van der Waals surface area contributed by atoms with Gasteiger partial charge in [0, 0.05) is 47.0 Å². The van der Waals surface area contributed by atoms with Gasteiger partial charge >= 0.3 is 0 Å². The molecule has 0 saturated carbocycles. The van der Waals surface area contributed by atoms with Gasteiger partial charge in [-0.05, 0) is 54.4 Å². The van der Waals surface area contributed by atoms with Crippen LogP contribution < -0.4 is 10.5 Å². The highest BCUT2D eigenvalue weighted by Gasteiger charge is 2.48. The normalized spacial score (nSPS) is 18.2. The van der Waals surface area contributed by atoms with Crippen molar-refractivity contribution in [3.05, 3.63) is 89.9 Å². The van der Waals surface area contributed by atoms with Crippen molar-refractivity contribution < 1.29 is 13.9 Å². The number of aliphatic imine (C=N–C) groups is 1. The van der Waals surface area contributed by atoms with Crippen LogP contribution in [0.15, 0.2) is 72.2 Å². The van der Waals surface area contributed by atoms with E-state index in [1.807, 2.05) is 31.2 Å². The molecule has 3 aromatic heterocycles. The zero-order chi connectivity index (χ0) is 22.6. The third-order valence-electron chi connectivity index (χ3n) is 5.91. The molecule has 0 amide bonds. The standard InChI is InChI=1S/C25H18FN5O2/c1-14-7-17(12-29-10-14)15-4-5-21-18(8-15)25(13-32-24(27)31-25)19-9-20(16-3-2-6-28-11-16)30-23(26)22(19)33-21/h2-12H,13H2,1H3,(H2,27,31)/t25-/m0/s1. The summed E-state index contributed by atoms with van der Waals surface area (Å²) in [5.41, 5.74) is 10.2. The van der Waals surface area contributed by atoms with E-state index >= 15 is 4.39 Å². The van der Waals surface area contributed by atoms with Crippen LogP contribution in [0.1, 0.15) is 16.7 Å². The number of hydrogen-bond donors (Lipinski definition) is 1. The monoisotopic (exact) mass is 439 g/mol. The van der Waals surface area contributed by atoms with Crippen LogP contribution in [0.25, 0.3) is 22.4 Å². The molecule has 2 aliphatic rings. The Morgan fingerprint density at radius 1 is 0.970 bits per heavy atom. The van der Waals surface area contributed by atoms with E-state index in [1.165, 1.54) is 0 Å². The lowest BCUT2D eigenvalue weighted by atomic mass is 9.80. The Balaban J connectivity index is 1.58. The zero-order valence-electron chi connectivity index (χ0n) is 17.6. The van der Waals surface area contributed by atoms with Crippen LogP contribution >= 0.6 is 0 Å². The van der Waals surface area contributed by atoms with E-state index in [1.54, 1.807) is 43.0 Å². The number of amidine groups is 1. The Hall–Kier alpha value is -4.33. The van der Waals surface area contributed by atoms with Crippen LogP contribution in [0.4, 0.5) is 4.39 Å². The molecule has 162 valence electrons. The lowest BCUT2D eigenvalue weighted by Gasteiger charge is -2.33. The summed E-state index contributed by atoms with van der Waals surface area (Å²) in [5.74, 6) is -0.241. The average Bonchev–Trinajstić information content (AvgIpc) is 3.22. The van der Waals surface area contributed by atoms with E-state index in [-0.39, 0.29) is 18.4 Å². The Morgan fingerprint density at radius 2 is 1.85 bits per heavy atom. The smallest absolute Gasteiger partial charge is 0.283 e. The maximum atomic E-state index is 15.2. The van der Waals surface area contributed by atoms with Gasteiger partial charge < -0.3 is 15.2 Å². The quantitative estimate of drug-likeness (QED) is 0.467. The number of hydrogen-bond acceptors (Lipinski definition) is 7. The van der Waals surface area contributed by atoms with Crippen LogP contribution in [-0.4, -0.2) is 27.6 Å². The molecule has 1 atom stereocenters. The molecule has 0 bridgehead atoms. The minimum Gasteiger partial charge on any atom is -0.462 e. The minimum atomic E-state index is -1.07. The third kappa shape index (κ3) is 3.02. The molecule has 5 heterocycles. The molecular formula is C25H18FN5O2. The molecule has 8 heteroatoms. The summed E-state index contributed by atoms with van der Waals surface area (Å²) in [5, 5.41) is 0. The number of nitrogens with zero attached hydrogens (tertiary/aromatic N) is 4. The largest absolute Gasteiger partial charge is 0.462 e. The maximum Gasteiger partial charge on any atom is 0.283 e. The lowest BCUT2D eigenvalue weighted by Crippen LogP contribution is -2.32. The minimum absolute atomic E-state index is 0.0159. The first-order valence-corrected chi connectivity index (χ1v) is 10.4. The van der Waals surface area contributed by atoms with Gasteiger partial charge in [-0.3, -0.25) is 9.97 Å². The van der Waals surface area contributed by atoms with Crippen molar-refractivity contribution >= 4 is 6.02 Å². The van der Waals surface area contributed by atoms with Crippen LogP contribution in [0.2, 0.25) is 0 Å². The molecule has 6 rings (SSSR count). The lowest BCUT2D eigenvalue weighted by molar-refractivity contribution is 0.261. The number of ether oxygens (including phenoxy) is 2. The summed E-state index contributed by atoms with van der Waals surface area (Å²) < 4.78 is 26.9. The second-order valence-corrected chi connectivity index (χ2v) is 8.08. The van der Waals surface area contributed by atoms with Crippen molar-refractivity contribution in [2.45, 2.75) is 12.5 Å². The van der Waals surface area contributed by atoms with E-state index in [9.17, 15) is 0 Å². The highest BCUT2D eigenvalue weighted by atomic mass is 19.1. The van der Waals surface area contributed by atoms with Gasteiger partial charge in [-0.25, -0.2) is 9.98 Å². The Morgan fingerprint density at radius 3 is 2.61 bits per heavy atom. The van der Waals surface area contributed by atoms with E-state index in [2.05, 4.69) is 19.9 Å². The van der Waals surface area contributed by atoms with Crippen molar-refractivity contribution in [1.29, 1.82) is 0 Å². The van der Waals surface area contributed by atoms with Gasteiger partial charge in [0.25, 0.3) is 12.0 Å². The van der Waals surface area contributed by atoms with Gasteiger partial charge in [0.1, 0.15) is 12.4 Å². The van der Waals surface area contributed by atoms with Crippen LogP contribution in [0.5, 0.6) is 11.5 Å². The first-order chi connectivity index (χ1) is 16.0. The summed E-state index contributed by atoms with van der Waals surface area (Å²) in [7, 11) is 0. The zero-order valence-corrected chi connectivity index (χ0v) is 17.6. The highest BCUT2D eigenvalue weighted by molar-refractivity contribution is 5.78. The Labute approximate surface area is 188 Å². The summed E-state index contributed by atoms with van der Waals surface area (Å²) in [6.07, 6.45) is 6.88. The number of benzene rings is 1. The van der Waals surface area contributed by atoms with Crippen molar-refractivity contribution in [3.63, 3.8) is 0 Å². The fraction of sp³-hybridized carbons (Fsp3) is 0.120. The summed E-state index contributed by atoms with van der Waals surface area (Å²) in [6, 6.07) is 13.1. The molecule has 0 radical (unpaired) electrons. The van der Waals surface area contributed by atoms with Gasteiger partial charge in [-0.1, -0.05) is 6.07 Å². The highest BCUT2D eigenvalue weighted by Crippen LogP contribution is 2.52. The molecule has 0 unspecified atom stereocenters. The number of fused-ring (bicyclic) bond motifs is 4. The van der Waals surface area contributed by atoms with Gasteiger partial charge in [0.15, 0.2) is 11.3 Å². The second kappa shape index (κ2) is 7.09. The molecule has 0 aliphatic carbocycles. The predicted octanol–water partition coefficient (Wildman–Crippen LogP) is 4.35. The third-order valence-corrected chi connectivity index (χ3v) is 5.91. The maximum absolute atomic E-state index is 15.2. The Bertz CT molecular complexity index is 1440. The van der Waals surface area contributed by atoms with Crippen molar-refractivity contribution in [2.75, 3.05) is 6.61 Å². The van der Waals surface area contributed by atoms with Gasteiger partial charge in [0.05, 0.1) is 5.69 Å². The number of aryl methyl sites for hydroxylation is 1. The molecule has 2 N–H and O–H groups in total. The van der Waals surface area contributed by atoms with E-state index in [0.29, 0.717) is 22.6 Å². The fourth-order valence-corrected chi connectivity index (χ4v) is 4.37. The van der Waals surface area contributed by atoms with Gasteiger partial charge in [-0.2, -0.15) is 4.39 Å². The van der Waals surface area contributed by atoms with Crippen LogP contribution in [-0.2, 0) is 10.3 Å². The molecular weight excluding hydrogens is 421 g/mol. The molecule has 4 aromatic rings. The SMILES string of the molecule is Cc1cncc(-c2ccc3c(c2)[C@@]2(COC(N)=N2)c2cc(-c4cccnc4)nc(F)c2O3)c1. The van der Waals surface area contributed by atoms with Crippen LogP contribution in [0.3, 0.4) is 0 Å². The van der Waals surface area contributed by atoms with E-state index in [0.717, 1.165) is 22.3 Å². The number of aromatic nitrogens is 3. The summed E-state index contributed by atoms with van der Waals surface area (Å²) >= 11 is 0. The number of pyridine rings is 3. The molecule has 1 aromatic carbocycles. The molecule has 0 saturated heterocycles.